The van der Waals surface area contributed by atoms with Gasteiger partial charge < -0.3 is 15.8 Å². The molecule has 1 aromatic carbocycles. The summed E-state index contributed by atoms with van der Waals surface area (Å²) in [6.45, 7) is 6.24. The molecular formula is C14H23ClN2O2. The maximum Gasteiger partial charge on any atom is 0.221 e. The number of hydrogen-bond acceptors (Lipinski definition) is 3. The average Bonchev–Trinajstić information content (AvgIpc) is 2.25. The number of hydrogen-bond donors (Lipinski definition) is 2. The van der Waals surface area contributed by atoms with Gasteiger partial charge in [-0.3, -0.25) is 4.79 Å². The second-order valence-electron chi connectivity index (χ2n) is 4.73. The zero-order valence-electron chi connectivity index (χ0n) is 11.7. The summed E-state index contributed by atoms with van der Waals surface area (Å²) in [7, 11) is 0. The molecule has 0 radical (unpaired) electrons. The molecule has 0 saturated carbocycles. The minimum absolute atomic E-state index is 0. The molecule has 19 heavy (non-hydrogen) atoms. The van der Waals surface area contributed by atoms with Gasteiger partial charge in [0.1, 0.15) is 11.9 Å². The van der Waals surface area contributed by atoms with Crippen LogP contribution < -0.4 is 15.8 Å². The van der Waals surface area contributed by atoms with Crippen LogP contribution >= 0.6 is 12.4 Å². The van der Waals surface area contributed by atoms with Crippen molar-refractivity contribution in [2.45, 2.75) is 39.3 Å². The van der Waals surface area contributed by atoms with Gasteiger partial charge >= 0.3 is 0 Å². The molecule has 5 heteroatoms. The molecule has 1 rings (SSSR count). The number of nitrogens with one attached hydrogen (secondary N) is 1. The van der Waals surface area contributed by atoms with Crippen LogP contribution in [-0.2, 0) is 4.79 Å². The molecule has 2 unspecified atom stereocenters. The molecule has 0 aromatic heterocycles. The summed E-state index contributed by atoms with van der Waals surface area (Å²) in [5, 5.41) is 2.80. The van der Waals surface area contributed by atoms with E-state index in [2.05, 4.69) is 5.32 Å². The first kappa shape index (κ1) is 17.7. The first-order chi connectivity index (χ1) is 8.47. The minimum Gasteiger partial charge on any atom is -0.489 e. The molecule has 4 nitrogen and oxygen atoms in total. The lowest BCUT2D eigenvalue weighted by Gasteiger charge is -2.16. The Hall–Kier alpha value is -1.26. The van der Waals surface area contributed by atoms with E-state index < -0.39 is 0 Å². The van der Waals surface area contributed by atoms with Gasteiger partial charge in [0.05, 0.1) is 6.54 Å². The summed E-state index contributed by atoms with van der Waals surface area (Å²) in [6, 6.07) is 7.74. The van der Waals surface area contributed by atoms with Crippen LogP contribution in [0.4, 0.5) is 0 Å². The van der Waals surface area contributed by atoms with Crippen LogP contribution in [0.15, 0.2) is 24.3 Å². The number of halogens is 1. The van der Waals surface area contributed by atoms with Gasteiger partial charge in [-0.25, -0.2) is 0 Å². The standard InChI is InChI=1S/C14H22N2O2.ClH/c1-10-5-4-6-13(7-10)18-12(3)9-16-14(17)8-11(2)15;/h4-7,11-12H,8-9,15H2,1-3H3,(H,16,17);1H. The quantitative estimate of drug-likeness (QED) is 0.841. The van der Waals surface area contributed by atoms with E-state index in [1.54, 1.807) is 0 Å². The second kappa shape index (κ2) is 8.77. The van der Waals surface area contributed by atoms with Crippen molar-refractivity contribution in [1.29, 1.82) is 0 Å². The third-order valence-electron chi connectivity index (χ3n) is 2.42. The maximum atomic E-state index is 11.4. The zero-order valence-corrected chi connectivity index (χ0v) is 12.5. The fourth-order valence-electron chi connectivity index (χ4n) is 1.58. The van der Waals surface area contributed by atoms with Gasteiger partial charge in [-0.2, -0.15) is 0 Å². The normalized spacial score (nSPS) is 13.1. The van der Waals surface area contributed by atoms with E-state index in [1.807, 2.05) is 45.0 Å². The van der Waals surface area contributed by atoms with Crippen molar-refractivity contribution in [3.8, 4) is 5.75 Å². The van der Waals surface area contributed by atoms with Crippen LogP contribution in [0.25, 0.3) is 0 Å². The predicted octanol–water partition coefficient (Wildman–Crippen LogP) is 2.04. The Labute approximate surface area is 121 Å². The molecule has 1 amide bonds. The van der Waals surface area contributed by atoms with Crippen molar-refractivity contribution in [1.82, 2.24) is 5.32 Å². The Kier molecular flexibility index (Phi) is 8.19. The molecular weight excluding hydrogens is 264 g/mol. The largest absolute Gasteiger partial charge is 0.489 e. The predicted molar refractivity (Wildman–Crippen MR) is 79.8 cm³/mol. The van der Waals surface area contributed by atoms with E-state index in [0.29, 0.717) is 13.0 Å². The summed E-state index contributed by atoms with van der Waals surface area (Å²) in [6.07, 6.45) is 0.279. The Morgan fingerprint density at radius 3 is 2.68 bits per heavy atom. The Balaban J connectivity index is 0.00000324. The lowest BCUT2D eigenvalue weighted by molar-refractivity contribution is -0.121. The van der Waals surface area contributed by atoms with Crippen molar-refractivity contribution in [2.75, 3.05) is 6.54 Å². The fourth-order valence-corrected chi connectivity index (χ4v) is 1.58. The van der Waals surface area contributed by atoms with E-state index >= 15 is 0 Å². The van der Waals surface area contributed by atoms with Gasteiger partial charge in [0.25, 0.3) is 0 Å². The number of benzene rings is 1. The summed E-state index contributed by atoms with van der Waals surface area (Å²) < 4.78 is 5.70. The van der Waals surface area contributed by atoms with Crippen molar-refractivity contribution < 1.29 is 9.53 Å². The molecule has 1 aromatic rings. The molecule has 0 aliphatic rings. The molecule has 0 bridgehead atoms. The minimum atomic E-state index is -0.113. The van der Waals surface area contributed by atoms with Gasteiger partial charge in [0, 0.05) is 12.5 Å². The molecule has 0 saturated heterocycles. The summed E-state index contributed by atoms with van der Waals surface area (Å²) in [4.78, 5) is 11.4. The highest BCUT2D eigenvalue weighted by atomic mass is 35.5. The Bertz CT molecular complexity index is 397. The lowest BCUT2D eigenvalue weighted by Crippen LogP contribution is -2.36. The van der Waals surface area contributed by atoms with Crippen LogP contribution in [0, 0.1) is 6.92 Å². The number of amides is 1. The van der Waals surface area contributed by atoms with Crippen molar-refractivity contribution in [3.05, 3.63) is 29.8 Å². The molecule has 0 spiro atoms. The van der Waals surface area contributed by atoms with Crippen LogP contribution in [0.3, 0.4) is 0 Å². The van der Waals surface area contributed by atoms with E-state index in [4.69, 9.17) is 10.5 Å². The van der Waals surface area contributed by atoms with Crippen LogP contribution in [-0.4, -0.2) is 24.6 Å². The third-order valence-corrected chi connectivity index (χ3v) is 2.42. The van der Waals surface area contributed by atoms with Crippen molar-refractivity contribution in [2.24, 2.45) is 5.73 Å². The highest BCUT2D eigenvalue weighted by Gasteiger charge is 2.08. The van der Waals surface area contributed by atoms with Crippen LogP contribution in [0.1, 0.15) is 25.8 Å². The fraction of sp³-hybridized carbons (Fsp3) is 0.500. The zero-order chi connectivity index (χ0) is 13.5. The monoisotopic (exact) mass is 286 g/mol. The van der Waals surface area contributed by atoms with Gasteiger partial charge in [-0.1, -0.05) is 12.1 Å². The molecule has 2 atom stereocenters. The number of carbonyl (C=O) groups is 1. The average molecular weight is 287 g/mol. The number of rotatable bonds is 6. The lowest BCUT2D eigenvalue weighted by atomic mass is 10.2. The van der Waals surface area contributed by atoms with Crippen molar-refractivity contribution in [3.63, 3.8) is 0 Å². The molecule has 0 aliphatic carbocycles. The topological polar surface area (TPSA) is 64.3 Å². The van der Waals surface area contributed by atoms with Gasteiger partial charge in [-0.15, -0.1) is 12.4 Å². The second-order valence-corrected chi connectivity index (χ2v) is 4.73. The number of aryl methyl sites for hydroxylation is 1. The van der Waals surface area contributed by atoms with Crippen molar-refractivity contribution >= 4 is 18.3 Å². The van der Waals surface area contributed by atoms with E-state index in [0.717, 1.165) is 11.3 Å². The number of carbonyl (C=O) groups excluding carboxylic acids is 1. The Morgan fingerprint density at radius 1 is 1.42 bits per heavy atom. The first-order valence-corrected chi connectivity index (χ1v) is 6.23. The van der Waals surface area contributed by atoms with E-state index in [-0.39, 0.29) is 30.5 Å². The Morgan fingerprint density at radius 2 is 2.11 bits per heavy atom. The molecule has 108 valence electrons. The van der Waals surface area contributed by atoms with E-state index in [1.165, 1.54) is 0 Å². The highest BCUT2D eigenvalue weighted by Crippen LogP contribution is 2.13. The maximum absolute atomic E-state index is 11.4. The summed E-state index contributed by atoms with van der Waals surface area (Å²) >= 11 is 0. The van der Waals surface area contributed by atoms with Crippen LogP contribution in [0.2, 0.25) is 0 Å². The number of nitrogens with two attached hydrogens (primary N) is 1. The molecule has 0 aliphatic heterocycles. The smallest absolute Gasteiger partial charge is 0.221 e. The molecule has 3 N–H and O–H groups in total. The summed E-state index contributed by atoms with van der Waals surface area (Å²) in [5.41, 5.74) is 6.70. The van der Waals surface area contributed by atoms with E-state index in [9.17, 15) is 4.79 Å². The number of ether oxygens (including phenoxy) is 1. The van der Waals surface area contributed by atoms with Gasteiger partial charge in [0.2, 0.25) is 5.91 Å². The molecule has 0 heterocycles. The third kappa shape index (κ3) is 7.70. The highest BCUT2D eigenvalue weighted by molar-refractivity contribution is 5.85. The SMILES string of the molecule is Cc1cccc(OC(C)CNC(=O)CC(C)N)c1.Cl. The van der Waals surface area contributed by atoms with Gasteiger partial charge in [-0.05, 0) is 38.5 Å². The first-order valence-electron chi connectivity index (χ1n) is 6.23. The summed E-state index contributed by atoms with van der Waals surface area (Å²) in [5.74, 6) is 0.786. The van der Waals surface area contributed by atoms with Gasteiger partial charge in [0.15, 0.2) is 0 Å². The van der Waals surface area contributed by atoms with Crippen LogP contribution in [0.5, 0.6) is 5.75 Å². The molecule has 0 fully saturated rings.